The van der Waals surface area contributed by atoms with Gasteiger partial charge in [-0.2, -0.15) is 11.8 Å². The molecule has 2 N–H and O–H groups in total. The standard InChI is InChI=1S/C6H15NS/c1-5(2)8-6(3)4-7/h5-6H,4,7H2,1-3H3. The number of thioether (sulfide) groups is 1. The molecular formula is C6H15NS. The highest BCUT2D eigenvalue weighted by molar-refractivity contribution is 8.00. The van der Waals surface area contributed by atoms with Crippen LogP contribution in [0.5, 0.6) is 0 Å². The zero-order valence-corrected chi connectivity index (χ0v) is 6.66. The largest absolute Gasteiger partial charge is 0.329 e. The van der Waals surface area contributed by atoms with Crippen LogP contribution >= 0.6 is 11.8 Å². The van der Waals surface area contributed by atoms with E-state index in [0.717, 1.165) is 6.54 Å². The topological polar surface area (TPSA) is 26.0 Å². The molecule has 0 heterocycles. The molecular weight excluding hydrogens is 118 g/mol. The lowest BCUT2D eigenvalue weighted by Gasteiger charge is -2.09. The SMILES string of the molecule is CC(C)SC(C)CN. The van der Waals surface area contributed by atoms with Crippen molar-refractivity contribution in [3.63, 3.8) is 0 Å². The van der Waals surface area contributed by atoms with Gasteiger partial charge < -0.3 is 5.73 Å². The highest BCUT2D eigenvalue weighted by Gasteiger charge is 2.00. The summed E-state index contributed by atoms with van der Waals surface area (Å²) in [7, 11) is 0. The van der Waals surface area contributed by atoms with E-state index in [4.69, 9.17) is 5.73 Å². The predicted octanol–water partition coefficient (Wildman–Crippen LogP) is 1.48. The minimum Gasteiger partial charge on any atom is -0.329 e. The Kier molecular flexibility index (Phi) is 4.38. The summed E-state index contributed by atoms with van der Waals surface area (Å²) in [4.78, 5) is 0. The molecule has 0 saturated heterocycles. The lowest BCUT2D eigenvalue weighted by molar-refractivity contribution is 0.938. The molecule has 50 valence electrons. The van der Waals surface area contributed by atoms with Gasteiger partial charge >= 0.3 is 0 Å². The molecule has 0 rings (SSSR count). The molecule has 1 atom stereocenters. The van der Waals surface area contributed by atoms with E-state index in [2.05, 4.69) is 20.8 Å². The van der Waals surface area contributed by atoms with Gasteiger partial charge in [-0.25, -0.2) is 0 Å². The summed E-state index contributed by atoms with van der Waals surface area (Å²) in [5.41, 5.74) is 5.40. The molecule has 0 radical (unpaired) electrons. The van der Waals surface area contributed by atoms with Crippen LogP contribution in [0.1, 0.15) is 20.8 Å². The maximum Gasteiger partial charge on any atom is 0.0144 e. The van der Waals surface area contributed by atoms with Crippen LogP contribution in [0.25, 0.3) is 0 Å². The average molecular weight is 133 g/mol. The average Bonchev–Trinajstić information content (AvgIpc) is 1.65. The fourth-order valence-corrected chi connectivity index (χ4v) is 1.56. The molecule has 0 fully saturated rings. The van der Waals surface area contributed by atoms with Crippen LogP contribution in [0.2, 0.25) is 0 Å². The van der Waals surface area contributed by atoms with Crippen LogP contribution in [0, 0.1) is 0 Å². The van der Waals surface area contributed by atoms with Gasteiger partial charge in [-0.05, 0) is 5.25 Å². The second-order valence-electron chi connectivity index (χ2n) is 2.23. The third-order valence-electron chi connectivity index (χ3n) is 0.836. The van der Waals surface area contributed by atoms with Crippen molar-refractivity contribution in [2.75, 3.05) is 6.54 Å². The Bertz CT molecular complexity index is 54.5. The van der Waals surface area contributed by atoms with Gasteiger partial charge in [0.15, 0.2) is 0 Å². The lowest BCUT2D eigenvalue weighted by atomic mass is 10.5. The fourth-order valence-electron chi connectivity index (χ4n) is 0.520. The zero-order valence-electron chi connectivity index (χ0n) is 5.85. The van der Waals surface area contributed by atoms with E-state index in [1.165, 1.54) is 0 Å². The highest BCUT2D eigenvalue weighted by Crippen LogP contribution is 2.14. The molecule has 0 aliphatic heterocycles. The first-order chi connectivity index (χ1) is 3.66. The molecule has 1 unspecified atom stereocenters. The summed E-state index contributed by atoms with van der Waals surface area (Å²) in [5, 5.41) is 1.34. The molecule has 0 aromatic heterocycles. The number of nitrogens with two attached hydrogens (primary N) is 1. The van der Waals surface area contributed by atoms with Gasteiger partial charge in [-0.3, -0.25) is 0 Å². The van der Waals surface area contributed by atoms with Gasteiger partial charge in [-0.15, -0.1) is 0 Å². The monoisotopic (exact) mass is 133 g/mol. The quantitative estimate of drug-likeness (QED) is 0.631. The van der Waals surface area contributed by atoms with E-state index < -0.39 is 0 Å². The van der Waals surface area contributed by atoms with Crippen molar-refractivity contribution in [3.8, 4) is 0 Å². The molecule has 2 heteroatoms. The molecule has 0 bridgehead atoms. The van der Waals surface area contributed by atoms with Crippen LogP contribution in [0.15, 0.2) is 0 Å². The molecule has 0 spiro atoms. The zero-order chi connectivity index (χ0) is 6.57. The molecule has 8 heavy (non-hydrogen) atoms. The van der Waals surface area contributed by atoms with E-state index in [9.17, 15) is 0 Å². The Morgan fingerprint density at radius 3 is 2.00 bits per heavy atom. The van der Waals surface area contributed by atoms with Gasteiger partial charge in [0.05, 0.1) is 0 Å². The first-order valence-corrected chi connectivity index (χ1v) is 3.96. The Morgan fingerprint density at radius 2 is 1.88 bits per heavy atom. The summed E-state index contributed by atoms with van der Waals surface area (Å²) in [6, 6.07) is 0. The van der Waals surface area contributed by atoms with Gasteiger partial charge in [0.1, 0.15) is 0 Å². The van der Waals surface area contributed by atoms with E-state index in [1.54, 1.807) is 0 Å². The van der Waals surface area contributed by atoms with Crippen molar-refractivity contribution < 1.29 is 0 Å². The van der Waals surface area contributed by atoms with Gasteiger partial charge in [0.25, 0.3) is 0 Å². The Hall–Kier alpha value is 0.310. The van der Waals surface area contributed by atoms with Gasteiger partial charge in [0, 0.05) is 11.8 Å². The first kappa shape index (κ1) is 8.31. The molecule has 0 amide bonds. The number of hydrogen-bond donors (Lipinski definition) is 1. The molecule has 1 nitrogen and oxygen atoms in total. The van der Waals surface area contributed by atoms with Crippen molar-refractivity contribution in [1.29, 1.82) is 0 Å². The van der Waals surface area contributed by atoms with Crippen LogP contribution in [-0.4, -0.2) is 17.0 Å². The molecule has 0 saturated carbocycles. The second kappa shape index (κ2) is 4.21. The van der Waals surface area contributed by atoms with E-state index in [0.29, 0.717) is 10.5 Å². The molecule has 0 aliphatic rings. The second-order valence-corrected chi connectivity index (χ2v) is 4.25. The van der Waals surface area contributed by atoms with Crippen LogP contribution in [0.4, 0.5) is 0 Å². The molecule has 0 aromatic carbocycles. The Balaban J connectivity index is 3.10. The normalized spacial score (nSPS) is 14.6. The first-order valence-electron chi connectivity index (χ1n) is 3.02. The van der Waals surface area contributed by atoms with Gasteiger partial charge in [-0.1, -0.05) is 20.8 Å². The third-order valence-corrected chi connectivity index (χ3v) is 2.04. The molecule has 0 aromatic rings. The van der Waals surface area contributed by atoms with Crippen molar-refractivity contribution in [3.05, 3.63) is 0 Å². The third kappa shape index (κ3) is 4.47. The summed E-state index contributed by atoms with van der Waals surface area (Å²) in [6.45, 7) is 7.33. The minimum atomic E-state index is 0.620. The minimum absolute atomic E-state index is 0.620. The highest BCUT2D eigenvalue weighted by atomic mass is 32.2. The maximum absolute atomic E-state index is 5.40. The lowest BCUT2D eigenvalue weighted by Crippen LogP contribution is -2.14. The van der Waals surface area contributed by atoms with Crippen molar-refractivity contribution in [1.82, 2.24) is 0 Å². The van der Waals surface area contributed by atoms with E-state index >= 15 is 0 Å². The molecule has 0 aliphatic carbocycles. The van der Waals surface area contributed by atoms with E-state index in [1.807, 2.05) is 11.8 Å². The summed E-state index contributed by atoms with van der Waals surface area (Å²) in [6.07, 6.45) is 0. The summed E-state index contributed by atoms with van der Waals surface area (Å²) in [5.74, 6) is 0. The summed E-state index contributed by atoms with van der Waals surface area (Å²) < 4.78 is 0. The maximum atomic E-state index is 5.40. The smallest absolute Gasteiger partial charge is 0.0144 e. The van der Waals surface area contributed by atoms with Crippen LogP contribution < -0.4 is 5.73 Å². The van der Waals surface area contributed by atoms with Crippen LogP contribution in [-0.2, 0) is 0 Å². The fraction of sp³-hybridized carbons (Fsp3) is 1.00. The van der Waals surface area contributed by atoms with Crippen molar-refractivity contribution >= 4 is 11.8 Å². The Morgan fingerprint density at radius 1 is 1.38 bits per heavy atom. The number of hydrogen-bond acceptors (Lipinski definition) is 2. The van der Waals surface area contributed by atoms with Crippen LogP contribution in [0.3, 0.4) is 0 Å². The predicted molar refractivity (Wildman–Crippen MR) is 41.2 cm³/mol. The summed E-state index contributed by atoms with van der Waals surface area (Å²) >= 11 is 1.93. The number of rotatable bonds is 3. The van der Waals surface area contributed by atoms with Crippen molar-refractivity contribution in [2.45, 2.75) is 31.3 Å². The Labute approximate surface area is 56.0 Å². The van der Waals surface area contributed by atoms with Crippen molar-refractivity contribution in [2.24, 2.45) is 5.73 Å². The van der Waals surface area contributed by atoms with Gasteiger partial charge in [0.2, 0.25) is 0 Å². The van der Waals surface area contributed by atoms with E-state index in [-0.39, 0.29) is 0 Å².